The van der Waals surface area contributed by atoms with E-state index in [1.165, 1.54) is 38.5 Å². The van der Waals surface area contributed by atoms with Gasteiger partial charge in [-0.1, -0.05) is 46.0 Å². The van der Waals surface area contributed by atoms with Crippen molar-refractivity contribution in [2.24, 2.45) is 0 Å². The first-order valence-electron chi connectivity index (χ1n) is 6.14. The maximum atomic E-state index is 9.38. The van der Waals surface area contributed by atoms with Crippen LogP contribution in [0.25, 0.3) is 0 Å². The molecule has 0 aliphatic carbocycles. The van der Waals surface area contributed by atoms with Gasteiger partial charge in [0.25, 0.3) is 0 Å². The molecular formula is C12H27NO. The largest absolute Gasteiger partial charge is 0.379 e. The molecule has 0 aromatic rings. The predicted molar refractivity (Wildman–Crippen MR) is 62.3 cm³/mol. The molecule has 2 nitrogen and oxygen atoms in total. The van der Waals surface area contributed by atoms with Crippen LogP contribution in [0.5, 0.6) is 0 Å². The first kappa shape index (κ1) is 13.9. The van der Waals surface area contributed by atoms with E-state index in [9.17, 15) is 5.11 Å². The molecule has 14 heavy (non-hydrogen) atoms. The molecular weight excluding hydrogens is 174 g/mol. The van der Waals surface area contributed by atoms with Gasteiger partial charge >= 0.3 is 0 Å². The molecule has 0 bridgehead atoms. The minimum atomic E-state index is -0.282. The Morgan fingerprint density at radius 1 is 1.00 bits per heavy atom. The van der Waals surface area contributed by atoms with Gasteiger partial charge in [-0.05, 0) is 19.9 Å². The lowest BCUT2D eigenvalue weighted by molar-refractivity contribution is 0.0214. The maximum absolute atomic E-state index is 9.38. The van der Waals surface area contributed by atoms with Crippen LogP contribution >= 0.6 is 0 Å². The summed E-state index contributed by atoms with van der Waals surface area (Å²) in [5.41, 5.74) is 0. The molecule has 2 heteroatoms. The standard InChI is InChI=1S/C12H27NO/c1-4-6-7-8-9-10-11-13(5-2)12(3)14/h12,14H,4-11H2,1-3H3. The van der Waals surface area contributed by atoms with Gasteiger partial charge in [0.2, 0.25) is 0 Å². The number of nitrogens with zero attached hydrogens (tertiary/aromatic N) is 1. The van der Waals surface area contributed by atoms with Crippen LogP contribution in [0.4, 0.5) is 0 Å². The third-order valence-electron chi connectivity index (χ3n) is 2.73. The Balaban J connectivity index is 3.25. The van der Waals surface area contributed by atoms with Crippen LogP contribution in [0.2, 0.25) is 0 Å². The van der Waals surface area contributed by atoms with E-state index in [0.717, 1.165) is 13.1 Å². The Morgan fingerprint density at radius 3 is 2.07 bits per heavy atom. The van der Waals surface area contributed by atoms with E-state index in [4.69, 9.17) is 0 Å². The van der Waals surface area contributed by atoms with E-state index in [2.05, 4.69) is 18.7 Å². The summed E-state index contributed by atoms with van der Waals surface area (Å²) in [6, 6.07) is 0. The second-order valence-corrected chi connectivity index (χ2v) is 4.03. The molecule has 86 valence electrons. The predicted octanol–water partition coefficient (Wildman–Crippen LogP) is 3.01. The summed E-state index contributed by atoms with van der Waals surface area (Å²) in [7, 11) is 0. The second kappa shape index (κ2) is 9.47. The van der Waals surface area contributed by atoms with Gasteiger partial charge in [-0.3, -0.25) is 4.90 Å². The first-order chi connectivity index (χ1) is 6.72. The summed E-state index contributed by atoms with van der Waals surface area (Å²) in [5.74, 6) is 0. The van der Waals surface area contributed by atoms with Crippen molar-refractivity contribution in [1.29, 1.82) is 0 Å². The molecule has 0 saturated carbocycles. The monoisotopic (exact) mass is 201 g/mol. The zero-order valence-corrected chi connectivity index (χ0v) is 10.1. The summed E-state index contributed by atoms with van der Waals surface area (Å²) in [6.07, 6.45) is 7.66. The average Bonchev–Trinajstić information content (AvgIpc) is 2.16. The molecule has 0 heterocycles. The number of aliphatic hydroxyl groups excluding tert-OH is 1. The summed E-state index contributed by atoms with van der Waals surface area (Å²) < 4.78 is 0. The molecule has 0 fully saturated rings. The summed E-state index contributed by atoms with van der Waals surface area (Å²) in [5, 5.41) is 9.38. The van der Waals surface area contributed by atoms with E-state index >= 15 is 0 Å². The highest BCUT2D eigenvalue weighted by molar-refractivity contribution is 4.56. The van der Waals surface area contributed by atoms with Crippen LogP contribution < -0.4 is 0 Å². The Bertz CT molecular complexity index is 115. The van der Waals surface area contributed by atoms with Gasteiger partial charge < -0.3 is 5.11 Å². The lowest BCUT2D eigenvalue weighted by Crippen LogP contribution is -2.33. The fourth-order valence-electron chi connectivity index (χ4n) is 1.70. The quantitative estimate of drug-likeness (QED) is 0.458. The molecule has 0 spiro atoms. The first-order valence-corrected chi connectivity index (χ1v) is 6.14. The molecule has 0 aromatic carbocycles. The molecule has 1 atom stereocenters. The van der Waals surface area contributed by atoms with Gasteiger partial charge in [0.15, 0.2) is 0 Å². The van der Waals surface area contributed by atoms with E-state index in [1.807, 2.05) is 6.92 Å². The molecule has 0 radical (unpaired) electrons. The summed E-state index contributed by atoms with van der Waals surface area (Å²) in [6.45, 7) is 8.18. The van der Waals surface area contributed by atoms with Gasteiger partial charge in [-0.15, -0.1) is 0 Å². The minimum Gasteiger partial charge on any atom is -0.379 e. The lowest BCUT2D eigenvalue weighted by atomic mass is 10.1. The van der Waals surface area contributed by atoms with Crippen LogP contribution in [0.1, 0.15) is 59.3 Å². The zero-order chi connectivity index (χ0) is 10.8. The molecule has 0 rings (SSSR count). The van der Waals surface area contributed by atoms with Gasteiger partial charge in [-0.25, -0.2) is 0 Å². The Hall–Kier alpha value is -0.0800. The Labute approximate surface area is 89.3 Å². The molecule has 0 saturated heterocycles. The van der Waals surface area contributed by atoms with Crippen molar-refractivity contribution in [3.8, 4) is 0 Å². The number of unbranched alkanes of at least 4 members (excludes halogenated alkanes) is 5. The SMILES string of the molecule is CCCCCCCCN(CC)C(C)O. The third-order valence-corrected chi connectivity index (χ3v) is 2.73. The third kappa shape index (κ3) is 7.34. The fraction of sp³-hybridized carbons (Fsp3) is 1.00. The van der Waals surface area contributed by atoms with Crippen molar-refractivity contribution < 1.29 is 5.11 Å². The number of hydrogen-bond donors (Lipinski definition) is 1. The van der Waals surface area contributed by atoms with Crippen LogP contribution in [-0.4, -0.2) is 29.3 Å². The molecule has 0 aromatic heterocycles. The normalized spacial score (nSPS) is 13.5. The van der Waals surface area contributed by atoms with Crippen molar-refractivity contribution >= 4 is 0 Å². The molecule has 0 aliphatic heterocycles. The van der Waals surface area contributed by atoms with Crippen LogP contribution in [0.15, 0.2) is 0 Å². The highest BCUT2D eigenvalue weighted by Gasteiger charge is 2.06. The fourth-order valence-corrected chi connectivity index (χ4v) is 1.70. The van der Waals surface area contributed by atoms with Gasteiger partial charge in [0.1, 0.15) is 6.23 Å². The van der Waals surface area contributed by atoms with Crippen molar-refractivity contribution in [2.45, 2.75) is 65.5 Å². The van der Waals surface area contributed by atoms with Crippen molar-refractivity contribution in [3.05, 3.63) is 0 Å². The summed E-state index contributed by atoms with van der Waals surface area (Å²) in [4.78, 5) is 2.11. The number of rotatable bonds is 9. The van der Waals surface area contributed by atoms with E-state index < -0.39 is 0 Å². The minimum absolute atomic E-state index is 0.282. The Morgan fingerprint density at radius 2 is 1.57 bits per heavy atom. The van der Waals surface area contributed by atoms with Crippen LogP contribution in [-0.2, 0) is 0 Å². The number of hydrogen-bond acceptors (Lipinski definition) is 2. The highest BCUT2D eigenvalue weighted by atomic mass is 16.3. The van der Waals surface area contributed by atoms with E-state index in [0.29, 0.717) is 0 Å². The highest BCUT2D eigenvalue weighted by Crippen LogP contribution is 2.06. The molecule has 1 N–H and O–H groups in total. The smallest absolute Gasteiger partial charge is 0.104 e. The number of aliphatic hydroxyl groups is 1. The second-order valence-electron chi connectivity index (χ2n) is 4.03. The van der Waals surface area contributed by atoms with Crippen LogP contribution in [0, 0.1) is 0 Å². The average molecular weight is 201 g/mol. The topological polar surface area (TPSA) is 23.5 Å². The van der Waals surface area contributed by atoms with Crippen LogP contribution in [0.3, 0.4) is 0 Å². The van der Waals surface area contributed by atoms with E-state index in [1.54, 1.807) is 0 Å². The molecule has 0 amide bonds. The Kier molecular flexibility index (Phi) is 9.42. The van der Waals surface area contributed by atoms with Crippen molar-refractivity contribution in [3.63, 3.8) is 0 Å². The van der Waals surface area contributed by atoms with Gasteiger partial charge in [0, 0.05) is 6.54 Å². The molecule has 0 aliphatic rings. The van der Waals surface area contributed by atoms with E-state index in [-0.39, 0.29) is 6.23 Å². The zero-order valence-electron chi connectivity index (χ0n) is 10.1. The van der Waals surface area contributed by atoms with Crippen molar-refractivity contribution in [2.75, 3.05) is 13.1 Å². The maximum Gasteiger partial charge on any atom is 0.104 e. The summed E-state index contributed by atoms with van der Waals surface area (Å²) >= 11 is 0. The van der Waals surface area contributed by atoms with Gasteiger partial charge in [0.05, 0.1) is 0 Å². The van der Waals surface area contributed by atoms with Gasteiger partial charge in [-0.2, -0.15) is 0 Å². The van der Waals surface area contributed by atoms with Crippen molar-refractivity contribution in [1.82, 2.24) is 4.90 Å². The molecule has 1 unspecified atom stereocenters. The lowest BCUT2D eigenvalue weighted by Gasteiger charge is -2.23.